The zero-order valence-corrected chi connectivity index (χ0v) is 24.6. The maximum absolute atomic E-state index is 13.6. The largest absolute Gasteiger partial charge is 0.416 e. The van der Waals surface area contributed by atoms with E-state index >= 15 is 0 Å². The van der Waals surface area contributed by atoms with Crippen molar-refractivity contribution in [2.45, 2.75) is 45.5 Å². The van der Waals surface area contributed by atoms with Crippen LogP contribution in [0.3, 0.4) is 0 Å². The van der Waals surface area contributed by atoms with Crippen LogP contribution in [0.2, 0.25) is 0 Å². The minimum Gasteiger partial charge on any atom is -0.350 e. The maximum atomic E-state index is 13.6. The van der Waals surface area contributed by atoms with E-state index in [4.69, 9.17) is 0 Å². The molecule has 8 nitrogen and oxygen atoms in total. The number of H-pyrrole nitrogens is 1. The second-order valence-electron chi connectivity index (χ2n) is 10.7. The van der Waals surface area contributed by atoms with Crippen LogP contribution < -0.4 is 16.2 Å². The van der Waals surface area contributed by atoms with Crippen LogP contribution >= 0.6 is 0 Å². The molecule has 2 bridgehead atoms. The van der Waals surface area contributed by atoms with E-state index in [1.165, 1.54) is 24.4 Å². The summed E-state index contributed by atoms with van der Waals surface area (Å²) in [5.74, 6) is 0.112. The standard InChI is InChI=1S/C31H29F3N6O2.C2H6/c32-31(33,34)22-8-4-7-21(15-22)27-23(25-9-12-35-30(38-25)36-17-19-5-2-1-3-6-19)16-24(29(42)39-27)28(41)37-26-18-40-13-10-20(26)11-14-40;1-2/h1-9,12,15-16,20,26H,10-11,13-14,17-18H2,(H,37,41)(H,39,42)(H,35,36,38);1-2H3. The molecule has 3 aliphatic rings. The number of hydrogen-bond donors (Lipinski definition) is 3. The zero-order chi connectivity index (χ0) is 31.3. The third-order valence-electron chi connectivity index (χ3n) is 7.96. The molecule has 1 atom stereocenters. The van der Waals surface area contributed by atoms with Gasteiger partial charge < -0.3 is 20.5 Å². The van der Waals surface area contributed by atoms with E-state index < -0.39 is 23.2 Å². The second kappa shape index (κ2) is 13.4. The summed E-state index contributed by atoms with van der Waals surface area (Å²) in [6, 6.07) is 17.3. The highest BCUT2D eigenvalue weighted by atomic mass is 19.4. The average Bonchev–Trinajstić information content (AvgIpc) is 3.05. The summed E-state index contributed by atoms with van der Waals surface area (Å²) in [6.45, 7) is 7.18. The number of benzene rings is 2. The van der Waals surface area contributed by atoms with Gasteiger partial charge in [0.2, 0.25) is 5.95 Å². The smallest absolute Gasteiger partial charge is 0.350 e. The van der Waals surface area contributed by atoms with Crippen molar-refractivity contribution in [1.82, 2.24) is 25.2 Å². The van der Waals surface area contributed by atoms with Gasteiger partial charge in [0.25, 0.3) is 11.5 Å². The number of aromatic amines is 1. The summed E-state index contributed by atoms with van der Waals surface area (Å²) in [6.07, 6.45) is -1.08. The van der Waals surface area contributed by atoms with Crippen LogP contribution in [0.5, 0.6) is 0 Å². The normalized spacial score (nSPS) is 19.1. The number of alkyl halides is 3. The molecule has 2 aromatic heterocycles. The van der Waals surface area contributed by atoms with Crippen molar-refractivity contribution >= 4 is 11.9 Å². The molecule has 0 radical (unpaired) electrons. The molecule has 5 heterocycles. The van der Waals surface area contributed by atoms with E-state index in [-0.39, 0.29) is 28.8 Å². The minimum atomic E-state index is -4.57. The number of nitrogens with one attached hydrogen (secondary N) is 3. The molecule has 11 heteroatoms. The van der Waals surface area contributed by atoms with Gasteiger partial charge >= 0.3 is 6.18 Å². The molecule has 3 fully saturated rings. The first-order valence-corrected chi connectivity index (χ1v) is 14.8. The van der Waals surface area contributed by atoms with Crippen LogP contribution in [0.4, 0.5) is 19.1 Å². The first-order valence-electron chi connectivity index (χ1n) is 14.8. The summed E-state index contributed by atoms with van der Waals surface area (Å²) < 4.78 is 40.7. The summed E-state index contributed by atoms with van der Waals surface area (Å²) in [5.41, 5.74) is 0.225. The Morgan fingerprint density at radius 1 is 1.02 bits per heavy atom. The van der Waals surface area contributed by atoms with E-state index in [1.807, 2.05) is 44.2 Å². The number of nitrogens with zero attached hydrogens (tertiary/aromatic N) is 3. The van der Waals surface area contributed by atoms with Crippen molar-refractivity contribution in [2.24, 2.45) is 5.92 Å². The fourth-order valence-corrected chi connectivity index (χ4v) is 5.73. The van der Waals surface area contributed by atoms with Gasteiger partial charge in [0.05, 0.1) is 17.0 Å². The van der Waals surface area contributed by atoms with Crippen LogP contribution in [0, 0.1) is 5.92 Å². The molecule has 4 aromatic rings. The van der Waals surface area contributed by atoms with Gasteiger partial charge in [0.1, 0.15) is 5.56 Å². The molecule has 2 aromatic carbocycles. The highest BCUT2D eigenvalue weighted by molar-refractivity contribution is 5.96. The molecule has 3 N–H and O–H groups in total. The van der Waals surface area contributed by atoms with E-state index in [0.29, 0.717) is 23.7 Å². The number of hydrogen-bond acceptors (Lipinski definition) is 6. The third kappa shape index (κ3) is 6.99. The van der Waals surface area contributed by atoms with Crippen LogP contribution in [0.1, 0.15) is 48.2 Å². The van der Waals surface area contributed by atoms with Crippen LogP contribution in [-0.4, -0.2) is 51.4 Å². The van der Waals surface area contributed by atoms with Gasteiger partial charge in [-0.3, -0.25) is 9.59 Å². The molecular formula is C33H35F3N6O2. The number of carbonyl (C=O) groups excluding carboxylic acids is 1. The second-order valence-corrected chi connectivity index (χ2v) is 10.7. The summed E-state index contributed by atoms with van der Waals surface area (Å²) >= 11 is 0. The molecule has 3 aliphatic heterocycles. The van der Waals surface area contributed by atoms with E-state index in [9.17, 15) is 22.8 Å². The molecule has 0 aliphatic carbocycles. The Hall–Kier alpha value is -4.51. The molecule has 0 saturated carbocycles. The topological polar surface area (TPSA) is 103 Å². The van der Waals surface area contributed by atoms with Crippen molar-refractivity contribution in [3.05, 3.63) is 100.0 Å². The Morgan fingerprint density at radius 2 is 1.77 bits per heavy atom. The molecule has 1 amide bonds. The zero-order valence-electron chi connectivity index (χ0n) is 24.6. The van der Waals surface area contributed by atoms with E-state index in [1.54, 1.807) is 6.07 Å². The average molecular weight is 605 g/mol. The van der Waals surface area contributed by atoms with Crippen LogP contribution in [-0.2, 0) is 12.7 Å². The third-order valence-corrected chi connectivity index (χ3v) is 7.96. The SMILES string of the molecule is CC.O=C(NC1CN2CCC1CC2)c1cc(-c2ccnc(NCc3ccccc3)n2)c(-c2cccc(C(F)(F)F)c2)[nH]c1=O. The Morgan fingerprint density at radius 3 is 2.45 bits per heavy atom. The minimum absolute atomic E-state index is 0.0705. The monoisotopic (exact) mass is 604 g/mol. The number of pyridine rings is 1. The van der Waals surface area contributed by atoms with Gasteiger partial charge in [-0.1, -0.05) is 56.3 Å². The Balaban J connectivity index is 0.00000188. The fraction of sp³-hybridized carbons (Fsp3) is 0.333. The number of anilines is 1. The predicted molar refractivity (Wildman–Crippen MR) is 164 cm³/mol. The van der Waals surface area contributed by atoms with Gasteiger partial charge in [-0.25, -0.2) is 9.97 Å². The van der Waals surface area contributed by atoms with Crippen molar-refractivity contribution < 1.29 is 18.0 Å². The van der Waals surface area contributed by atoms with Gasteiger partial charge in [0.15, 0.2) is 0 Å². The van der Waals surface area contributed by atoms with Crippen molar-refractivity contribution in [3.63, 3.8) is 0 Å². The Bertz CT molecular complexity index is 1650. The maximum Gasteiger partial charge on any atom is 0.416 e. The summed E-state index contributed by atoms with van der Waals surface area (Å²) in [4.78, 5) is 40.5. The number of carbonyl (C=O) groups is 1. The predicted octanol–water partition coefficient (Wildman–Crippen LogP) is 5.98. The lowest BCUT2D eigenvalue weighted by atomic mass is 9.84. The molecule has 0 spiro atoms. The highest BCUT2D eigenvalue weighted by Gasteiger charge is 2.35. The van der Waals surface area contributed by atoms with Gasteiger partial charge in [0, 0.05) is 30.9 Å². The molecular weight excluding hydrogens is 569 g/mol. The number of fused-ring (bicyclic) bond motifs is 3. The molecule has 1 unspecified atom stereocenters. The van der Waals surface area contributed by atoms with Gasteiger partial charge in [-0.15, -0.1) is 0 Å². The molecule has 7 rings (SSSR count). The number of aromatic nitrogens is 3. The Kier molecular flexibility index (Phi) is 9.43. The fourth-order valence-electron chi connectivity index (χ4n) is 5.73. The van der Waals surface area contributed by atoms with Crippen LogP contribution in [0.25, 0.3) is 22.5 Å². The lowest BCUT2D eigenvalue weighted by Crippen LogP contribution is -2.57. The lowest BCUT2D eigenvalue weighted by Gasteiger charge is -2.44. The number of amides is 1. The summed E-state index contributed by atoms with van der Waals surface area (Å²) in [7, 11) is 0. The van der Waals surface area contributed by atoms with E-state index in [0.717, 1.165) is 50.2 Å². The molecule has 44 heavy (non-hydrogen) atoms. The molecule has 230 valence electrons. The first kappa shape index (κ1) is 30.9. The van der Waals surface area contributed by atoms with Gasteiger partial charge in [-0.2, -0.15) is 13.2 Å². The summed E-state index contributed by atoms with van der Waals surface area (Å²) in [5, 5.41) is 6.18. The number of rotatable bonds is 7. The van der Waals surface area contributed by atoms with Crippen molar-refractivity contribution in [2.75, 3.05) is 25.0 Å². The lowest BCUT2D eigenvalue weighted by molar-refractivity contribution is -0.137. The van der Waals surface area contributed by atoms with Gasteiger partial charge in [-0.05, 0) is 67.2 Å². The number of halogens is 3. The Labute approximate surface area is 253 Å². The van der Waals surface area contributed by atoms with E-state index in [2.05, 4.69) is 30.5 Å². The highest BCUT2D eigenvalue weighted by Crippen LogP contribution is 2.35. The van der Waals surface area contributed by atoms with Crippen molar-refractivity contribution in [1.29, 1.82) is 0 Å². The van der Waals surface area contributed by atoms with Crippen molar-refractivity contribution in [3.8, 4) is 22.5 Å². The molecule has 3 saturated heterocycles. The quantitative estimate of drug-likeness (QED) is 0.240. The first-order chi connectivity index (χ1) is 21.2. The number of piperidine rings is 3. The van der Waals surface area contributed by atoms with Crippen LogP contribution in [0.15, 0.2) is 77.7 Å².